The second-order valence-corrected chi connectivity index (χ2v) is 8.29. The van der Waals surface area contributed by atoms with E-state index in [0.29, 0.717) is 31.9 Å². The summed E-state index contributed by atoms with van der Waals surface area (Å²) < 4.78 is 3.89. The number of nitrogens with two attached hydrogens (primary N) is 1. The fraction of sp³-hybridized carbons (Fsp3) is 0.0870. The highest BCUT2D eigenvalue weighted by atomic mass is 127. The van der Waals surface area contributed by atoms with Crippen LogP contribution in [0.5, 0.6) is 0 Å². The first-order valence-electron chi connectivity index (χ1n) is 9.94. The van der Waals surface area contributed by atoms with Crippen LogP contribution in [0.4, 0.5) is 5.82 Å². The number of halogens is 1. The summed E-state index contributed by atoms with van der Waals surface area (Å²) in [5.41, 5.74) is 9.49. The second kappa shape index (κ2) is 8.15. The fourth-order valence-electron chi connectivity index (χ4n) is 3.72. The topological polar surface area (TPSA) is 105 Å². The Hall–Kier alpha value is -3.60. The Morgan fingerprint density at radius 1 is 0.969 bits per heavy atom. The number of para-hydroxylation sites is 1. The van der Waals surface area contributed by atoms with Gasteiger partial charge in [0.05, 0.1) is 22.8 Å². The van der Waals surface area contributed by atoms with Crippen molar-refractivity contribution >= 4 is 39.4 Å². The number of nitrogen functional groups attached to an aromatic ring is 1. The molecule has 1 atom stereocenters. The number of hydrogen-bond donors (Lipinski definition) is 1. The largest absolute Gasteiger partial charge is 0.383 e. The average molecular weight is 535 g/mol. The third-order valence-corrected chi connectivity index (χ3v) is 6.06. The highest BCUT2D eigenvalue weighted by Crippen LogP contribution is 2.31. The first-order chi connectivity index (χ1) is 15.5. The van der Waals surface area contributed by atoms with Crippen LogP contribution in [0.25, 0.3) is 28.0 Å². The quantitative estimate of drug-likeness (QED) is 0.351. The SMILES string of the molecule is CC(c1cc(=O)n(-c2ccccc2)nc1-c1ccccc1)n1nc(I)c2c(N)ncnc21. The van der Waals surface area contributed by atoms with Crippen LogP contribution in [-0.2, 0) is 0 Å². The van der Waals surface area contributed by atoms with E-state index in [1.807, 2.05) is 67.6 Å². The maximum atomic E-state index is 13.1. The first-order valence-corrected chi connectivity index (χ1v) is 11.0. The third-order valence-electron chi connectivity index (χ3n) is 5.30. The average Bonchev–Trinajstić information content (AvgIpc) is 3.17. The lowest BCUT2D eigenvalue weighted by molar-refractivity contribution is 0.570. The van der Waals surface area contributed by atoms with Crippen molar-refractivity contribution in [2.45, 2.75) is 13.0 Å². The molecule has 0 saturated carbocycles. The molecule has 2 N–H and O–H groups in total. The summed E-state index contributed by atoms with van der Waals surface area (Å²) in [6.45, 7) is 1.97. The summed E-state index contributed by atoms with van der Waals surface area (Å²) in [6.07, 6.45) is 1.42. The van der Waals surface area contributed by atoms with Crippen molar-refractivity contribution in [1.29, 1.82) is 0 Å². The van der Waals surface area contributed by atoms with Gasteiger partial charge in [0.1, 0.15) is 15.8 Å². The van der Waals surface area contributed by atoms with Crippen LogP contribution in [0.2, 0.25) is 0 Å². The number of rotatable bonds is 4. The Morgan fingerprint density at radius 2 is 1.66 bits per heavy atom. The smallest absolute Gasteiger partial charge is 0.271 e. The molecule has 0 fully saturated rings. The molecule has 0 radical (unpaired) electrons. The van der Waals surface area contributed by atoms with Crippen LogP contribution in [0.1, 0.15) is 18.5 Å². The monoisotopic (exact) mass is 535 g/mol. The molecule has 0 aliphatic carbocycles. The van der Waals surface area contributed by atoms with Crippen molar-refractivity contribution in [3.8, 4) is 16.9 Å². The van der Waals surface area contributed by atoms with Gasteiger partial charge in [-0.05, 0) is 41.6 Å². The van der Waals surface area contributed by atoms with Crippen molar-refractivity contribution in [3.63, 3.8) is 0 Å². The Balaban J connectivity index is 1.75. The lowest BCUT2D eigenvalue weighted by Crippen LogP contribution is -2.24. The highest BCUT2D eigenvalue weighted by molar-refractivity contribution is 14.1. The van der Waals surface area contributed by atoms with Gasteiger partial charge >= 0.3 is 0 Å². The van der Waals surface area contributed by atoms with Gasteiger partial charge < -0.3 is 5.73 Å². The van der Waals surface area contributed by atoms with Crippen LogP contribution >= 0.6 is 22.6 Å². The van der Waals surface area contributed by atoms with E-state index in [2.05, 4.69) is 37.7 Å². The molecular formula is C23H18IN7O. The van der Waals surface area contributed by atoms with Gasteiger partial charge in [-0.25, -0.2) is 14.6 Å². The Kier molecular flexibility index (Phi) is 5.17. The fourth-order valence-corrected chi connectivity index (χ4v) is 4.47. The predicted octanol–water partition coefficient (Wildman–Crippen LogP) is 3.84. The van der Waals surface area contributed by atoms with E-state index in [0.717, 1.165) is 11.1 Å². The van der Waals surface area contributed by atoms with Crippen molar-refractivity contribution in [3.05, 3.63) is 92.7 Å². The van der Waals surface area contributed by atoms with Crippen molar-refractivity contribution in [2.75, 3.05) is 5.73 Å². The van der Waals surface area contributed by atoms with Gasteiger partial charge in [-0.15, -0.1) is 0 Å². The lowest BCUT2D eigenvalue weighted by atomic mass is 10.0. The maximum absolute atomic E-state index is 13.1. The standard InChI is InChI=1S/C23H18IN7O/c1-14(30-23-19(21(24)29-30)22(25)26-13-27-23)17-12-18(32)31(16-10-6-3-7-11-16)28-20(17)15-8-4-2-5-9-15/h2-14H,1H3,(H2,25,26,27). The molecule has 0 aliphatic heterocycles. The second-order valence-electron chi connectivity index (χ2n) is 7.27. The van der Waals surface area contributed by atoms with Crippen LogP contribution in [-0.4, -0.2) is 29.5 Å². The predicted molar refractivity (Wildman–Crippen MR) is 132 cm³/mol. The van der Waals surface area contributed by atoms with E-state index >= 15 is 0 Å². The molecule has 5 aromatic rings. The highest BCUT2D eigenvalue weighted by Gasteiger charge is 2.23. The molecule has 0 saturated heterocycles. The molecule has 3 aromatic heterocycles. The lowest BCUT2D eigenvalue weighted by Gasteiger charge is -2.18. The Labute approximate surface area is 196 Å². The summed E-state index contributed by atoms with van der Waals surface area (Å²) in [7, 11) is 0. The summed E-state index contributed by atoms with van der Waals surface area (Å²) in [4.78, 5) is 21.6. The molecule has 158 valence electrons. The maximum Gasteiger partial charge on any atom is 0.271 e. The molecule has 3 heterocycles. The van der Waals surface area contributed by atoms with Crippen LogP contribution in [0.15, 0.2) is 77.9 Å². The van der Waals surface area contributed by atoms with Crippen LogP contribution < -0.4 is 11.3 Å². The van der Waals surface area contributed by atoms with Gasteiger partial charge in [-0.3, -0.25) is 4.79 Å². The number of aromatic nitrogens is 6. The molecule has 2 aromatic carbocycles. The van der Waals surface area contributed by atoms with Gasteiger partial charge in [-0.1, -0.05) is 48.5 Å². The van der Waals surface area contributed by atoms with Gasteiger partial charge in [-0.2, -0.15) is 14.9 Å². The molecule has 0 bridgehead atoms. The van der Waals surface area contributed by atoms with Crippen molar-refractivity contribution in [1.82, 2.24) is 29.5 Å². The molecule has 8 nitrogen and oxygen atoms in total. The van der Waals surface area contributed by atoms with Gasteiger partial charge in [0.25, 0.3) is 5.56 Å². The van der Waals surface area contributed by atoms with E-state index in [-0.39, 0.29) is 11.6 Å². The number of hydrogen-bond acceptors (Lipinski definition) is 6. The zero-order chi connectivity index (χ0) is 22.2. The minimum atomic E-state index is -0.323. The number of nitrogens with zero attached hydrogens (tertiary/aromatic N) is 6. The first kappa shape index (κ1) is 20.3. The molecule has 0 aliphatic rings. The van der Waals surface area contributed by atoms with Gasteiger partial charge in [0, 0.05) is 17.2 Å². The zero-order valence-corrected chi connectivity index (χ0v) is 19.2. The van der Waals surface area contributed by atoms with E-state index in [1.165, 1.54) is 11.0 Å². The minimum absolute atomic E-state index is 0.224. The molecule has 0 spiro atoms. The minimum Gasteiger partial charge on any atom is -0.383 e. The van der Waals surface area contributed by atoms with E-state index in [4.69, 9.17) is 10.8 Å². The van der Waals surface area contributed by atoms with Crippen LogP contribution in [0, 0.1) is 3.70 Å². The van der Waals surface area contributed by atoms with Gasteiger partial charge in [0.2, 0.25) is 0 Å². The van der Waals surface area contributed by atoms with Gasteiger partial charge in [0.15, 0.2) is 5.65 Å². The summed E-state index contributed by atoms with van der Waals surface area (Å²) in [6, 6.07) is 20.5. The van der Waals surface area contributed by atoms with E-state index in [1.54, 1.807) is 10.7 Å². The Bertz CT molecular complexity index is 1480. The number of anilines is 1. The van der Waals surface area contributed by atoms with Crippen molar-refractivity contribution < 1.29 is 0 Å². The van der Waals surface area contributed by atoms with Crippen molar-refractivity contribution in [2.24, 2.45) is 0 Å². The van der Waals surface area contributed by atoms with Crippen LogP contribution in [0.3, 0.4) is 0 Å². The molecule has 1 unspecified atom stereocenters. The summed E-state index contributed by atoms with van der Waals surface area (Å²) in [5, 5.41) is 10.1. The summed E-state index contributed by atoms with van der Waals surface area (Å²) >= 11 is 2.12. The molecule has 9 heteroatoms. The van der Waals surface area contributed by atoms with E-state index < -0.39 is 0 Å². The third kappa shape index (κ3) is 3.44. The normalized spacial score (nSPS) is 12.2. The zero-order valence-electron chi connectivity index (χ0n) is 17.1. The van der Waals surface area contributed by atoms with E-state index in [9.17, 15) is 4.79 Å². The molecule has 32 heavy (non-hydrogen) atoms. The number of fused-ring (bicyclic) bond motifs is 1. The Morgan fingerprint density at radius 3 is 2.38 bits per heavy atom. The number of benzene rings is 2. The molecular weight excluding hydrogens is 517 g/mol. The summed E-state index contributed by atoms with van der Waals surface area (Å²) in [5.74, 6) is 0.374. The molecule has 5 rings (SSSR count). The molecule has 0 amide bonds.